The lowest BCUT2D eigenvalue weighted by atomic mass is 9.84. The van der Waals surface area contributed by atoms with Gasteiger partial charge in [-0.25, -0.2) is 9.97 Å². The van der Waals surface area contributed by atoms with E-state index in [-0.39, 0.29) is 27.3 Å². The fourth-order valence-corrected chi connectivity index (χ4v) is 1.88. The lowest BCUT2D eigenvalue weighted by molar-refractivity contribution is -0.116. The van der Waals surface area contributed by atoms with E-state index in [1.807, 2.05) is 0 Å². The standard InChI is InChI=1S/C12H18Cl2N4O/c1-12(2,5-6-15)4-3-8(19)18-11-9(13)10(14)16-7-17-11/h7H,3-6,15H2,1-2H3,(H,16,17,18,19). The maximum absolute atomic E-state index is 11.8. The van der Waals surface area contributed by atoms with Crippen LogP contribution in [0, 0.1) is 5.41 Å². The highest BCUT2D eigenvalue weighted by Gasteiger charge is 2.19. The highest BCUT2D eigenvalue weighted by Crippen LogP contribution is 2.28. The number of nitrogens with one attached hydrogen (secondary N) is 1. The summed E-state index contributed by atoms with van der Waals surface area (Å²) in [5.74, 6) is 0.0880. The molecule has 0 atom stereocenters. The van der Waals surface area contributed by atoms with Gasteiger partial charge in [-0.15, -0.1) is 0 Å². The Balaban J connectivity index is 2.54. The van der Waals surface area contributed by atoms with E-state index in [4.69, 9.17) is 28.9 Å². The minimum atomic E-state index is -0.151. The maximum Gasteiger partial charge on any atom is 0.225 e. The minimum Gasteiger partial charge on any atom is -0.330 e. The third-order valence-electron chi connectivity index (χ3n) is 2.85. The zero-order chi connectivity index (χ0) is 14.5. The number of carbonyl (C=O) groups excluding carboxylic acids is 1. The van der Waals surface area contributed by atoms with Gasteiger partial charge >= 0.3 is 0 Å². The summed E-state index contributed by atoms with van der Waals surface area (Å²) in [6, 6.07) is 0. The number of hydrogen-bond acceptors (Lipinski definition) is 4. The monoisotopic (exact) mass is 304 g/mol. The summed E-state index contributed by atoms with van der Waals surface area (Å²) in [5, 5.41) is 2.90. The molecule has 3 N–H and O–H groups in total. The summed E-state index contributed by atoms with van der Waals surface area (Å²) in [6.45, 7) is 4.78. The molecule has 19 heavy (non-hydrogen) atoms. The van der Waals surface area contributed by atoms with Crippen LogP contribution in [0.1, 0.15) is 33.1 Å². The summed E-state index contributed by atoms with van der Waals surface area (Å²) in [5.41, 5.74) is 5.57. The summed E-state index contributed by atoms with van der Waals surface area (Å²) >= 11 is 11.6. The third kappa shape index (κ3) is 5.30. The lowest BCUT2D eigenvalue weighted by Crippen LogP contribution is -2.21. The first-order chi connectivity index (χ1) is 8.85. The van der Waals surface area contributed by atoms with Gasteiger partial charge in [-0.2, -0.15) is 0 Å². The van der Waals surface area contributed by atoms with Gasteiger partial charge < -0.3 is 11.1 Å². The molecule has 1 aromatic heterocycles. The van der Waals surface area contributed by atoms with E-state index in [0.717, 1.165) is 12.8 Å². The number of anilines is 1. The summed E-state index contributed by atoms with van der Waals surface area (Å²) < 4.78 is 0. The molecule has 0 fully saturated rings. The molecule has 0 aliphatic carbocycles. The normalized spacial score (nSPS) is 11.4. The Morgan fingerprint density at radius 1 is 1.37 bits per heavy atom. The summed E-state index contributed by atoms with van der Waals surface area (Å²) in [6.07, 6.45) is 3.25. The van der Waals surface area contributed by atoms with Crippen LogP contribution in [0.5, 0.6) is 0 Å². The number of carbonyl (C=O) groups is 1. The summed E-state index contributed by atoms with van der Waals surface area (Å²) in [4.78, 5) is 19.4. The van der Waals surface area contributed by atoms with Gasteiger partial charge in [0.15, 0.2) is 11.0 Å². The van der Waals surface area contributed by atoms with Gasteiger partial charge in [-0.3, -0.25) is 4.79 Å². The molecule has 0 saturated heterocycles. The van der Waals surface area contributed by atoms with Crippen LogP contribution in [0.3, 0.4) is 0 Å². The zero-order valence-electron chi connectivity index (χ0n) is 11.0. The van der Waals surface area contributed by atoms with Crippen molar-refractivity contribution in [2.45, 2.75) is 33.1 Å². The van der Waals surface area contributed by atoms with Crippen molar-refractivity contribution >= 4 is 34.9 Å². The fourth-order valence-electron chi connectivity index (χ4n) is 1.60. The smallest absolute Gasteiger partial charge is 0.225 e. The number of nitrogens with zero attached hydrogens (tertiary/aromatic N) is 2. The van der Waals surface area contributed by atoms with E-state index >= 15 is 0 Å². The van der Waals surface area contributed by atoms with Crippen molar-refractivity contribution < 1.29 is 4.79 Å². The second-order valence-corrected chi connectivity index (χ2v) is 5.81. The van der Waals surface area contributed by atoms with Crippen LogP contribution in [0.25, 0.3) is 0 Å². The number of halogens is 2. The number of nitrogens with two attached hydrogens (primary N) is 1. The van der Waals surface area contributed by atoms with Crippen molar-refractivity contribution in [2.75, 3.05) is 11.9 Å². The van der Waals surface area contributed by atoms with Crippen molar-refractivity contribution in [3.63, 3.8) is 0 Å². The number of rotatable bonds is 6. The average Bonchev–Trinajstić information content (AvgIpc) is 2.33. The highest BCUT2D eigenvalue weighted by atomic mass is 35.5. The van der Waals surface area contributed by atoms with E-state index in [1.165, 1.54) is 6.33 Å². The van der Waals surface area contributed by atoms with Gasteiger partial charge in [0.1, 0.15) is 11.3 Å². The van der Waals surface area contributed by atoms with E-state index < -0.39 is 0 Å². The predicted octanol–water partition coefficient (Wildman–Crippen LogP) is 2.88. The molecule has 106 valence electrons. The lowest BCUT2D eigenvalue weighted by Gasteiger charge is -2.23. The molecular formula is C12H18Cl2N4O. The van der Waals surface area contributed by atoms with E-state index in [0.29, 0.717) is 13.0 Å². The first-order valence-corrected chi connectivity index (χ1v) is 6.77. The Bertz CT molecular complexity index is 451. The molecule has 7 heteroatoms. The largest absolute Gasteiger partial charge is 0.330 e. The van der Waals surface area contributed by atoms with E-state index in [2.05, 4.69) is 29.1 Å². The number of amides is 1. The number of hydrogen-bond donors (Lipinski definition) is 2. The molecule has 0 saturated carbocycles. The van der Waals surface area contributed by atoms with Crippen LogP contribution in [0.15, 0.2) is 6.33 Å². The highest BCUT2D eigenvalue weighted by molar-refractivity contribution is 6.42. The number of aromatic nitrogens is 2. The molecule has 5 nitrogen and oxygen atoms in total. The van der Waals surface area contributed by atoms with Gasteiger partial charge in [-0.1, -0.05) is 37.0 Å². The first-order valence-electron chi connectivity index (χ1n) is 6.01. The molecule has 1 rings (SSSR count). The molecule has 0 aliphatic heterocycles. The van der Waals surface area contributed by atoms with Crippen molar-refractivity contribution in [1.29, 1.82) is 0 Å². The second-order valence-electron chi connectivity index (χ2n) is 5.08. The van der Waals surface area contributed by atoms with Gasteiger partial charge in [0.25, 0.3) is 0 Å². The Morgan fingerprint density at radius 2 is 2.05 bits per heavy atom. The van der Waals surface area contributed by atoms with E-state index in [1.54, 1.807) is 0 Å². The van der Waals surface area contributed by atoms with Crippen molar-refractivity contribution in [3.05, 3.63) is 16.5 Å². The molecule has 0 radical (unpaired) electrons. The quantitative estimate of drug-likeness (QED) is 0.792. The van der Waals surface area contributed by atoms with Gasteiger partial charge in [0, 0.05) is 6.42 Å². The fraction of sp³-hybridized carbons (Fsp3) is 0.583. The molecule has 1 aromatic rings. The Labute approximate surface area is 122 Å². The van der Waals surface area contributed by atoms with Crippen molar-refractivity contribution in [3.8, 4) is 0 Å². The van der Waals surface area contributed by atoms with Crippen LogP contribution < -0.4 is 11.1 Å². The zero-order valence-corrected chi connectivity index (χ0v) is 12.6. The van der Waals surface area contributed by atoms with Crippen LogP contribution in [-0.2, 0) is 4.79 Å². The van der Waals surface area contributed by atoms with Gasteiger partial charge in [-0.05, 0) is 24.8 Å². The molecule has 0 spiro atoms. The molecule has 0 unspecified atom stereocenters. The first kappa shape index (κ1) is 16.1. The molecule has 1 amide bonds. The average molecular weight is 305 g/mol. The van der Waals surface area contributed by atoms with Crippen LogP contribution in [0.4, 0.5) is 5.82 Å². The van der Waals surface area contributed by atoms with Crippen LogP contribution in [0.2, 0.25) is 10.2 Å². The molecular weight excluding hydrogens is 287 g/mol. The predicted molar refractivity (Wildman–Crippen MR) is 77.4 cm³/mol. The Hall–Kier alpha value is -0.910. The molecule has 0 bridgehead atoms. The van der Waals surface area contributed by atoms with E-state index in [9.17, 15) is 4.79 Å². The Morgan fingerprint density at radius 3 is 2.68 bits per heavy atom. The molecule has 0 aliphatic rings. The Kier molecular flexibility index (Phi) is 5.97. The minimum absolute atomic E-state index is 0.0409. The second kappa shape index (κ2) is 7.03. The van der Waals surface area contributed by atoms with Crippen molar-refractivity contribution in [1.82, 2.24) is 9.97 Å². The molecule has 1 heterocycles. The molecule has 0 aromatic carbocycles. The SMILES string of the molecule is CC(C)(CCN)CCC(=O)Nc1ncnc(Cl)c1Cl. The van der Waals surface area contributed by atoms with Crippen LogP contribution >= 0.6 is 23.2 Å². The maximum atomic E-state index is 11.8. The van der Waals surface area contributed by atoms with Crippen LogP contribution in [-0.4, -0.2) is 22.4 Å². The van der Waals surface area contributed by atoms with Gasteiger partial charge in [0.2, 0.25) is 5.91 Å². The van der Waals surface area contributed by atoms with Gasteiger partial charge in [0.05, 0.1) is 0 Å². The summed E-state index contributed by atoms with van der Waals surface area (Å²) in [7, 11) is 0. The van der Waals surface area contributed by atoms with Crippen molar-refractivity contribution in [2.24, 2.45) is 11.1 Å². The third-order valence-corrected chi connectivity index (χ3v) is 3.60. The topological polar surface area (TPSA) is 80.9 Å².